The van der Waals surface area contributed by atoms with Crippen LogP contribution in [-0.2, 0) is 11.3 Å². The summed E-state index contributed by atoms with van der Waals surface area (Å²) < 4.78 is 5.14. The number of hydrogen-bond donors (Lipinski definition) is 1. The van der Waals surface area contributed by atoms with Crippen LogP contribution in [0.15, 0.2) is 24.3 Å². The Balaban J connectivity index is 2.57. The minimum Gasteiger partial charge on any atom is -0.384 e. The third kappa shape index (κ3) is 5.20. The van der Waals surface area contributed by atoms with E-state index >= 15 is 0 Å². The molecule has 0 saturated heterocycles. The Morgan fingerprint density at radius 2 is 2.00 bits per heavy atom. The van der Waals surface area contributed by atoms with E-state index in [0.717, 1.165) is 19.7 Å². The third-order valence-electron chi connectivity index (χ3n) is 2.60. The number of nitrogens with one attached hydrogen (secondary N) is 1. The highest BCUT2D eigenvalue weighted by atomic mass is 16.5. The van der Waals surface area contributed by atoms with Crippen LogP contribution in [0.25, 0.3) is 0 Å². The summed E-state index contributed by atoms with van der Waals surface area (Å²) in [5, 5.41) is 3.50. The molecule has 0 amide bonds. The molecule has 1 atom stereocenters. The largest absolute Gasteiger partial charge is 0.384 e. The van der Waals surface area contributed by atoms with Gasteiger partial charge in [-0.25, -0.2) is 0 Å². The molecule has 1 aromatic carbocycles. The number of nitrogens with zero attached hydrogens (tertiary/aromatic N) is 1. The van der Waals surface area contributed by atoms with Gasteiger partial charge >= 0.3 is 0 Å². The second-order valence-electron chi connectivity index (χ2n) is 4.84. The van der Waals surface area contributed by atoms with Gasteiger partial charge in [0.25, 0.3) is 0 Å². The highest BCUT2D eigenvalue weighted by Crippen LogP contribution is 2.16. The minimum atomic E-state index is 0.521. The average Bonchev–Trinajstić information content (AvgIpc) is 2.27. The van der Waals surface area contributed by atoms with Crippen molar-refractivity contribution in [1.82, 2.24) is 4.90 Å². The highest BCUT2D eigenvalue weighted by molar-refractivity contribution is 5.51. The van der Waals surface area contributed by atoms with Gasteiger partial charge in [-0.15, -0.1) is 0 Å². The predicted molar refractivity (Wildman–Crippen MR) is 73.4 cm³/mol. The average molecular weight is 236 g/mol. The Morgan fingerprint density at radius 3 is 2.65 bits per heavy atom. The molecular weight excluding hydrogens is 212 g/mol. The molecule has 0 saturated carbocycles. The molecule has 1 N–H and O–H groups in total. The van der Waals surface area contributed by atoms with E-state index in [-0.39, 0.29) is 0 Å². The van der Waals surface area contributed by atoms with Crippen LogP contribution in [-0.4, -0.2) is 39.3 Å². The standard InChI is InChI=1S/C14H24N2O/c1-12(11-17-4)9-15-14-8-6-5-7-13(14)10-16(2)3/h5-8,12,15H,9-11H2,1-4H3. The number of ether oxygens (including phenoxy) is 1. The van der Waals surface area contributed by atoms with Gasteiger partial charge in [0.1, 0.15) is 0 Å². The normalized spacial score (nSPS) is 12.8. The summed E-state index contributed by atoms with van der Waals surface area (Å²) in [6.07, 6.45) is 0. The molecule has 0 aliphatic carbocycles. The molecule has 3 heteroatoms. The van der Waals surface area contributed by atoms with Crippen molar-refractivity contribution >= 4 is 5.69 Å². The smallest absolute Gasteiger partial charge is 0.0504 e. The van der Waals surface area contributed by atoms with Crippen molar-refractivity contribution in [2.45, 2.75) is 13.5 Å². The molecular formula is C14H24N2O. The van der Waals surface area contributed by atoms with Crippen LogP contribution >= 0.6 is 0 Å². The van der Waals surface area contributed by atoms with Gasteiger partial charge in [0.2, 0.25) is 0 Å². The van der Waals surface area contributed by atoms with Crippen LogP contribution in [0.5, 0.6) is 0 Å². The lowest BCUT2D eigenvalue weighted by Gasteiger charge is -2.17. The Labute approximate surface area is 105 Å². The van der Waals surface area contributed by atoms with Crippen LogP contribution < -0.4 is 5.32 Å². The van der Waals surface area contributed by atoms with Crippen molar-refractivity contribution in [2.75, 3.05) is 39.7 Å². The number of hydrogen-bond acceptors (Lipinski definition) is 3. The number of para-hydroxylation sites is 1. The summed E-state index contributed by atoms with van der Waals surface area (Å²) in [6, 6.07) is 8.47. The fraction of sp³-hybridized carbons (Fsp3) is 0.571. The van der Waals surface area contributed by atoms with Crippen molar-refractivity contribution in [2.24, 2.45) is 5.92 Å². The first-order valence-corrected chi connectivity index (χ1v) is 6.09. The van der Waals surface area contributed by atoms with Crippen molar-refractivity contribution in [3.63, 3.8) is 0 Å². The minimum absolute atomic E-state index is 0.521. The van der Waals surface area contributed by atoms with Crippen LogP contribution in [0, 0.1) is 5.92 Å². The number of rotatable bonds is 7. The molecule has 0 fully saturated rings. The van der Waals surface area contributed by atoms with E-state index in [2.05, 4.69) is 55.5 Å². The van der Waals surface area contributed by atoms with Gasteiger partial charge in [-0.1, -0.05) is 25.1 Å². The fourth-order valence-corrected chi connectivity index (χ4v) is 1.80. The molecule has 0 bridgehead atoms. The third-order valence-corrected chi connectivity index (χ3v) is 2.60. The van der Waals surface area contributed by atoms with Crippen molar-refractivity contribution in [1.29, 1.82) is 0 Å². The molecule has 17 heavy (non-hydrogen) atoms. The van der Waals surface area contributed by atoms with Crippen LogP contribution in [0.1, 0.15) is 12.5 Å². The van der Waals surface area contributed by atoms with E-state index in [4.69, 9.17) is 4.74 Å². The van der Waals surface area contributed by atoms with E-state index < -0.39 is 0 Å². The summed E-state index contributed by atoms with van der Waals surface area (Å²) in [5.74, 6) is 0.521. The molecule has 1 rings (SSSR count). The maximum Gasteiger partial charge on any atom is 0.0504 e. The molecule has 1 aromatic rings. The molecule has 0 aliphatic heterocycles. The maximum absolute atomic E-state index is 5.14. The second-order valence-corrected chi connectivity index (χ2v) is 4.84. The van der Waals surface area contributed by atoms with Crippen LogP contribution in [0.3, 0.4) is 0 Å². The SMILES string of the molecule is COCC(C)CNc1ccccc1CN(C)C. The van der Waals surface area contributed by atoms with Gasteiger partial charge in [0, 0.05) is 25.9 Å². The second kappa shape index (κ2) is 7.30. The Hall–Kier alpha value is -1.06. The lowest BCUT2D eigenvalue weighted by molar-refractivity contribution is 0.164. The zero-order valence-electron chi connectivity index (χ0n) is 11.4. The van der Waals surface area contributed by atoms with Gasteiger partial charge in [-0.05, 0) is 31.6 Å². The van der Waals surface area contributed by atoms with Crippen LogP contribution in [0.4, 0.5) is 5.69 Å². The van der Waals surface area contributed by atoms with E-state index in [9.17, 15) is 0 Å². The quantitative estimate of drug-likeness (QED) is 0.787. The van der Waals surface area contributed by atoms with Gasteiger partial charge in [-0.2, -0.15) is 0 Å². The molecule has 1 unspecified atom stereocenters. The summed E-state index contributed by atoms with van der Waals surface area (Å²) >= 11 is 0. The Morgan fingerprint density at radius 1 is 1.29 bits per heavy atom. The molecule has 3 nitrogen and oxygen atoms in total. The first-order chi connectivity index (χ1) is 8.13. The van der Waals surface area contributed by atoms with E-state index in [0.29, 0.717) is 5.92 Å². The Kier molecular flexibility index (Phi) is 6.01. The summed E-state index contributed by atoms with van der Waals surface area (Å²) in [6.45, 7) is 4.88. The van der Waals surface area contributed by atoms with Crippen LogP contribution in [0.2, 0.25) is 0 Å². The zero-order valence-corrected chi connectivity index (χ0v) is 11.4. The number of methoxy groups -OCH3 is 1. The van der Waals surface area contributed by atoms with Gasteiger partial charge in [-0.3, -0.25) is 0 Å². The van der Waals surface area contributed by atoms with Gasteiger partial charge in [0.05, 0.1) is 6.61 Å². The molecule has 0 aromatic heterocycles. The molecule has 0 radical (unpaired) electrons. The maximum atomic E-state index is 5.14. The first-order valence-electron chi connectivity index (χ1n) is 6.09. The summed E-state index contributed by atoms with van der Waals surface area (Å²) in [7, 11) is 5.92. The van der Waals surface area contributed by atoms with E-state index in [1.165, 1.54) is 11.3 Å². The summed E-state index contributed by atoms with van der Waals surface area (Å²) in [4.78, 5) is 2.18. The topological polar surface area (TPSA) is 24.5 Å². The van der Waals surface area contributed by atoms with E-state index in [1.54, 1.807) is 7.11 Å². The fourth-order valence-electron chi connectivity index (χ4n) is 1.80. The van der Waals surface area contributed by atoms with Crippen molar-refractivity contribution in [3.05, 3.63) is 29.8 Å². The molecule has 96 valence electrons. The lowest BCUT2D eigenvalue weighted by Crippen LogP contribution is -2.18. The number of anilines is 1. The predicted octanol–water partition coefficient (Wildman–Crippen LogP) is 2.44. The van der Waals surface area contributed by atoms with E-state index in [1.807, 2.05) is 0 Å². The first kappa shape index (κ1) is 14.0. The molecule has 0 aliphatic rings. The molecule has 0 spiro atoms. The lowest BCUT2D eigenvalue weighted by atomic mass is 10.1. The number of benzene rings is 1. The molecule has 0 heterocycles. The Bertz CT molecular complexity index is 326. The zero-order chi connectivity index (χ0) is 12.7. The van der Waals surface area contributed by atoms with Crippen molar-refractivity contribution < 1.29 is 4.74 Å². The van der Waals surface area contributed by atoms with Gasteiger partial charge in [0.15, 0.2) is 0 Å². The highest BCUT2D eigenvalue weighted by Gasteiger charge is 2.05. The summed E-state index contributed by atoms with van der Waals surface area (Å²) in [5.41, 5.74) is 2.56. The monoisotopic (exact) mass is 236 g/mol. The van der Waals surface area contributed by atoms with Crippen molar-refractivity contribution in [3.8, 4) is 0 Å². The van der Waals surface area contributed by atoms with Gasteiger partial charge < -0.3 is 15.0 Å².